The molecule has 0 aromatic heterocycles. The van der Waals surface area contributed by atoms with Crippen LogP contribution in [0.1, 0.15) is 33.1 Å². The van der Waals surface area contributed by atoms with Gasteiger partial charge in [0.05, 0.1) is 0 Å². The van der Waals surface area contributed by atoms with Gasteiger partial charge in [-0.1, -0.05) is 26.0 Å². The summed E-state index contributed by atoms with van der Waals surface area (Å²) in [6, 6.07) is 0. The molecule has 0 aliphatic heterocycles. The normalized spacial score (nSPS) is 14.1. The van der Waals surface area contributed by atoms with Crippen LogP contribution >= 0.6 is 0 Å². The van der Waals surface area contributed by atoms with Crippen molar-refractivity contribution in [1.29, 1.82) is 0 Å². The van der Waals surface area contributed by atoms with Crippen LogP contribution < -0.4 is 5.32 Å². The highest BCUT2D eigenvalue weighted by Gasteiger charge is 2.04. The van der Waals surface area contributed by atoms with Gasteiger partial charge in [0.2, 0.25) is 0 Å². The van der Waals surface area contributed by atoms with Crippen molar-refractivity contribution >= 4 is 0 Å². The SMILES string of the molecule is C=CCCC(C)/C(=C\CC)NC. The largest absolute Gasteiger partial charge is 0.391 e. The van der Waals surface area contributed by atoms with E-state index in [0.29, 0.717) is 5.92 Å². The maximum Gasteiger partial charge on any atom is 0.00922 e. The van der Waals surface area contributed by atoms with Gasteiger partial charge in [-0.2, -0.15) is 0 Å². The van der Waals surface area contributed by atoms with Crippen molar-refractivity contribution < 1.29 is 0 Å². The molecule has 0 amide bonds. The lowest BCUT2D eigenvalue weighted by Gasteiger charge is -2.14. The molecule has 0 saturated heterocycles. The Bertz CT molecular complexity index is 147. The van der Waals surface area contributed by atoms with Gasteiger partial charge in [0, 0.05) is 12.7 Å². The highest BCUT2D eigenvalue weighted by molar-refractivity contribution is 5.02. The van der Waals surface area contributed by atoms with Crippen LogP contribution in [0.4, 0.5) is 0 Å². The Morgan fingerprint density at radius 2 is 2.25 bits per heavy atom. The van der Waals surface area contributed by atoms with E-state index >= 15 is 0 Å². The van der Waals surface area contributed by atoms with Crippen molar-refractivity contribution in [2.75, 3.05) is 7.05 Å². The Labute approximate surface area is 76.6 Å². The summed E-state index contributed by atoms with van der Waals surface area (Å²) >= 11 is 0. The van der Waals surface area contributed by atoms with Gasteiger partial charge in [-0.05, 0) is 25.2 Å². The fraction of sp³-hybridized carbons (Fsp3) is 0.636. The zero-order valence-electron chi connectivity index (χ0n) is 8.56. The number of hydrogen-bond acceptors (Lipinski definition) is 1. The number of hydrogen-bond donors (Lipinski definition) is 1. The molecule has 1 N–H and O–H groups in total. The van der Waals surface area contributed by atoms with Crippen molar-refractivity contribution in [3.8, 4) is 0 Å². The Morgan fingerprint density at radius 1 is 1.58 bits per heavy atom. The van der Waals surface area contributed by atoms with E-state index in [1.165, 1.54) is 12.1 Å². The van der Waals surface area contributed by atoms with Gasteiger partial charge >= 0.3 is 0 Å². The second-order valence-electron chi connectivity index (χ2n) is 3.08. The summed E-state index contributed by atoms with van der Waals surface area (Å²) in [6.45, 7) is 8.14. The molecule has 0 saturated carbocycles. The Balaban J connectivity index is 3.93. The first-order valence-electron chi connectivity index (χ1n) is 4.74. The number of rotatable bonds is 6. The lowest BCUT2D eigenvalue weighted by Crippen LogP contribution is -2.13. The van der Waals surface area contributed by atoms with Crippen LogP contribution in [-0.2, 0) is 0 Å². The molecule has 12 heavy (non-hydrogen) atoms. The van der Waals surface area contributed by atoms with Gasteiger partial charge in [0.1, 0.15) is 0 Å². The fourth-order valence-corrected chi connectivity index (χ4v) is 1.29. The first kappa shape index (κ1) is 11.3. The third-order valence-corrected chi connectivity index (χ3v) is 2.05. The number of allylic oxidation sites excluding steroid dienone is 3. The van der Waals surface area contributed by atoms with E-state index in [9.17, 15) is 0 Å². The summed E-state index contributed by atoms with van der Waals surface area (Å²) in [4.78, 5) is 0. The maximum absolute atomic E-state index is 3.72. The van der Waals surface area contributed by atoms with E-state index in [-0.39, 0.29) is 0 Å². The molecule has 70 valence electrons. The van der Waals surface area contributed by atoms with Gasteiger partial charge in [0.15, 0.2) is 0 Å². The summed E-state index contributed by atoms with van der Waals surface area (Å²) < 4.78 is 0. The lowest BCUT2D eigenvalue weighted by molar-refractivity contribution is 0.583. The minimum Gasteiger partial charge on any atom is -0.391 e. The molecule has 0 fully saturated rings. The predicted molar refractivity (Wildman–Crippen MR) is 56.0 cm³/mol. The summed E-state index contributed by atoms with van der Waals surface area (Å²) in [5, 5.41) is 3.24. The molecule has 1 nitrogen and oxygen atoms in total. The van der Waals surface area contributed by atoms with Crippen molar-refractivity contribution in [3.63, 3.8) is 0 Å². The van der Waals surface area contributed by atoms with Crippen LogP contribution in [0.3, 0.4) is 0 Å². The minimum atomic E-state index is 0.632. The smallest absolute Gasteiger partial charge is 0.00922 e. The topological polar surface area (TPSA) is 12.0 Å². The third-order valence-electron chi connectivity index (χ3n) is 2.05. The highest BCUT2D eigenvalue weighted by atomic mass is 14.8. The molecule has 0 aliphatic rings. The molecule has 0 rings (SSSR count). The second-order valence-corrected chi connectivity index (χ2v) is 3.08. The van der Waals surface area contributed by atoms with Gasteiger partial charge in [-0.25, -0.2) is 0 Å². The zero-order chi connectivity index (χ0) is 9.40. The summed E-state index contributed by atoms with van der Waals surface area (Å²) in [5.41, 5.74) is 1.36. The predicted octanol–water partition coefficient (Wildman–Crippen LogP) is 3.10. The molecular weight excluding hydrogens is 146 g/mol. The van der Waals surface area contributed by atoms with Crippen LogP contribution in [0, 0.1) is 5.92 Å². The first-order chi connectivity index (χ1) is 5.76. The molecular formula is C11H21N. The zero-order valence-corrected chi connectivity index (χ0v) is 8.56. The Hall–Kier alpha value is -0.720. The van der Waals surface area contributed by atoms with Crippen LogP contribution in [0.5, 0.6) is 0 Å². The van der Waals surface area contributed by atoms with Gasteiger partial charge in [0.25, 0.3) is 0 Å². The summed E-state index contributed by atoms with van der Waals surface area (Å²) in [5.74, 6) is 0.632. The highest BCUT2D eigenvalue weighted by Crippen LogP contribution is 2.14. The molecule has 0 spiro atoms. The van der Waals surface area contributed by atoms with E-state index in [2.05, 4.69) is 31.8 Å². The monoisotopic (exact) mass is 167 g/mol. The van der Waals surface area contributed by atoms with E-state index in [0.717, 1.165) is 12.8 Å². The molecule has 0 aromatic carbocycles. The molecule has 1 atom stereocenters. The van der Waals surface area contributed by atoms with Crippen molar-refractivity contribution in [2.24, 2.45) is 5.92 Å². The average Bonchev–Trinajstić information content (AvgIpc) is 2.10. The quantitative estimate of drug-likeness (QED) is 0.599. The first-order valence-corrected chi connectivity index (χ1v) is 4.74. The molecule has 0 bridgehead atoms. The lowest BCUT2D eigenvalue weighted by atomic mass is 10.0. The van der Waals surface area contributed by atoms with Crippen molar-refractivity contribution in [3.05, 3.63) is 24.4 Å². The van der Waals surface area contributed by atoms with Gasteiger partial charge in [-0.15, -0.1) is 6.58 Å². The summed E-state index contributed by atoms with van der Waals surface area (Å²) in [6.07, 6.45) is 7.64. The molecule has 1 unspecified atom stereocenters. The molecule has 1 heteroatoms. The number of nitrogens with one attached hydrogen (secondary N) is 1. The minimum absolute atomic E-state index is 0.632. The van der Waals surface area contributed by atoms with Crippen molar-refractivity contribution in [1.82, 2.24) is 5.32 Å². The van der Waals surface area contributed by atoms with Crippen LogP contribution in [0.15, 0.2) is 24.4 Å². The van der Waals surface area contributed by atoms with Crippen LogP contribution in [0.25, 0.3) is 0 Å². The van der Waals surface area contributed by atoms with Crippen LogP contribution in [-0.4, -0.2) is 7.05 Å². The van der Waals surface area contributed by atoms with E-state index in [1.54, 1.807) is 0 Å². The Kier molecular flexibility index (Phi) is 6.54. The van der Waals surface area contributed by atoms with Crippen LogP contribution in [0.2, 0.25) is 0 Å². The standard InChI is InChI=1S/C11H21N/c1-5-7-9-10(3)11(12-4)8-6-2/h5,8,10,12H,1,6-7,9H2,2-4H3/b11-8+. The third kappa shape index (κ3) is 4.22. The van der Waals surface area contributed by atoms with E-state index in [4.69, 9.17) is 0 Å². The maximum atomic E-state index is 3.72. The molecule has 0 aromatic rings. The second kappa shape index (κ2) is 6.96. The molecule has 0 radical (unpaired) electrons. The van der Waals surface area contributed by atoms with Gasteiger partial charge in [-0.3, -0.25) is 0 Å². The van der Waals surface area contributed by atoms with Gasteiger partial charge < -0.3 is 5.32 Å². The molecule has 0 heterocycles. The van der Waals surface area contributed by atoms with E-state index in [1.807, 2.05) is 13.1 Å². The summed E-state index contributed by atoms with van der Waals surface area (Å²) in [7, 11) is 1.99. The average molecular weight is 167 g/mol. The molecule has 0 aliphatic carbocycles. The van der Waals surface area contributed by atoms with Crippen molar-refractivity contribution in [2.45, 2.75) is 33.1 Å². The Morgan fingerprint density at radius 3 is 2.67 bits per heavy atom. The van der Waals surface area contributed by atoms with E-state index < -0.39 is 0 Å². The fourth-order valence-electron chi connectivity index (χ4n) is 1.29.